The van der Waals surface area contributed by atoms with Crippen LogP contribution in [-0.2, 0) is 0 Å². The number of carbonyl (C=O) groups is 1. The lowest BCUT2D eigenvalue weighted by molar-refractivity contribution is 0.0988. The normalized spacial score (nSPS) is 10.7. The second kappa shape index (κ2) is 4.19. The summed E-state index contributed by atoms with van der Waals surface area (Å²) < 4.78 is 5.74. The van der Waals surface area contributed by atoms with Gasteiger partial charge in [-0.1, -0.05) is 16.5 Å². The van der Waals surface area contributed by atoms with Gasteiger partial charge >= 0.3 is 0 Å². The van der Waals surface area contributed by atoms with Crippen LogP contribution in [0.5, 0.6) is 0 Å². The molecule has 0 aromatic carbocycles. The van der Waals surface area contributed by atoms with Gasteiger partial charge in [0.05, 0.1) is 17.1 Å². The average Bonchev–Trinajstić information content (AvgIpc) is 2.95. The molecule has 3 rings (SSSR count). The topological polar surface area (TPSA) is 80.9 Å². The first kappa shape index (κ1) is 10.8. The third-order valence-electron chi connectivity index (χ3n) is 2.29. The fourth-order valence-electron chi connectivity index (χ4n) is 1.47. The van der Waals surface area contributed by atoms with Gasteiger partial charge in [-0.25, -0.2) is 4.98 Å². The lowest BCUT2D eigenvalue weighted by Gasteiger charge is -1.95. The summed E-state index contributed by atoms with van der Waals surface area (Å²) in [7, 11) is 0. The Morgan fingerprint density at radius 2 is 2.39 bits per heavy atom. The molecule has 3 aromatic heterocycles. The molecule has 3 heterocycles. The van der Waals surface area contributed by atoms with Gasteiger partial charge in [0.25, 0.3) is 5.91 Å². The maximum absolute atomic E-state index is 11.7. The minimum absolute atomic E-state index is 0.156. The molecule has 7 heteroatoms. The number of hydrogen-bond donors (Lipinski definition) is 1. The van der Waals surface area contributed by atoms with E-state index in [-0.39, 0.29) is 11.7 Å². The number of aromatic nitrogens is 3. The van der Waals surface area contributed by atoms with Crippen molar-refractivity contribution in [3.8, 4) is 0 Å². The van der Waals surface area contributed by atoms with E-state index in [2.05, 4.69) is 20.4 Å². The number of thiazole rings is 1. The number of hydrogen-bond acceptors (Lipinski definition) is 6. The van der Waals surface area contributed by atoms with Crippen LogP contribution in [0.15, 0.2) is 29.0 Å². The van der Waals surface area contributed by atoms with Crippen LogP contribution in [0.4, 0.5) is 5.13 Å². The summed E-state index contributed by atoms with van der Waals surface area (Å²) in [6.07, 6.45) is 3.10. The Morgan fingerprint density at radius 1 is 1.50 bits per heavy atom. The second-order valence-corrected chi connectivity index (χ2v) is 4.67. The number of aryl methyl sites for hydroxylation is 1. The molecule has 0 aliphatic carbocycles. The Labute approximate surface area is 106 Å². The first-order chi connectivity index (χ1) is 8.72. The quantitative estimate of drug-likeness (QED) is 0.764. The highest BCUT2D eigenvalue weighted by Crippen LogP contribution is 2.25. The van der Waals surface area contributed by atoms with Gasteiger partial charge in [-0.15, -0.1) is 0 Å². The lowest BCUT2D eigenvalue weighted by atomic mass is 10.4. The molecule has 0 aliphatic heterocycles. The van der Waals surface area contributed by atoms with Crippen molar-refractivity contribution in [3.63, 3.8) is 0 Å². The van der Waals surface area contributed by atoms with Gasteiger partial charge in [0.2, 0.25) is 5.76 Å². The van der Waals surface area contributed by atoms with Gasteiger partial charge in [-0.05, 0) is 13.0 Å². The molecule has 18 heavy (non-hydrogen) atoms. The van der Waals surface area contributed by atoms with Crippen molar-refractivity contribution >= 4 is 32.6 Å². The van der Waals surface area contributed by atoms with Gasteiger partial charge in [0, 0.05) is 11.8 Å². The van der Waals surface area contributed by atoms with E-state index in [0.717, 1.165) is 15.9 Å². The standard InChI is InChI=1S/C11H8N4O2S/c1-6-4-9-7(5-12-6)14-11(18-9)15-10(16)8-2-3-13-17-8/h2-5H,1H3,(H,14,15,16). The van der Waals surface area contributed by atoms with Crippen LogP contribution in [-0.4, -0.2) is 21.0 Å². The van der Waals surface area contributed by atoms with Gasteiger partial charge in [0.15, 0.2) is 5.13 Å². The minimum Gasteiger partial charge on any atom is -0.351 e. The molecule has 0 unspecified atom stereocenters. The van der Waals surface area contributed by atoms with E-state index < -0.39 is 0 Å². The summed E-state index contributed by atoms with van der Waals surface area (Å²) in [6.45, 7) is 1.91. The van der Waals surface area contributed by atoms with Crippen molar-refractivity contribution < 1.29 is 9.32 Å². The monoisotopic (exact) mass is 260 g/mol. The number of fused-ring (bicyclic) bond motifs is 1. The van der Waals surface area contributed by atoms with Gasteiger partial charge in [-0.2, -0.15) is 0 Å². The highest BCUT2D eigenvalue weighted by molar-refractivity contribution is 7.22. The maximum Gasteiger partial charge on any atom is 0.296 e. The summed E-state index contributed by atoms with van der Waals surface area (Å²) in [4.78, 5) is 20.1. The van der Waals surface area contributed by atoms with Crippen molar-refractivity contribution in [1.29, 1.82) is 0 Å². The van der Waals surface area contributed by atoms with Gasteiger partial charge < -0.3 is 4.52 Å². The predicted octanol–water partition coefficient (Wildman–Crippen LogP) is 2.24. The van der Waals surface area contributed by atoms with Crippen LogP contribution >= 0.6 is 11.3 Å². The van der Waals surface area contributed by atoms with E-state index in [1.54, 1.807) is 6.20 Å². The Kier molecular flexibility index (Phi) is 2.52. The number of pyridine rings is 1. The highest BCUT2D eigenvalue weighted by atomic mass is 32.1. The maximum atomic E-state index is 11.7. The fourth-order valence-corrected chi connectivity index (χ4v) is 2.40. The third kappa shape index (κ3) is 1.95. The van der Waals surface area contributed by atoms with Crippen LogP contribution < -0.4 is 5.32 Å². The van der Waals surface area contributed by atoms with Crippen LogP contribution in [0.3, 0.4) is 0 Å². The molecule has 0 saturated heterocycles. The van der Waals surface area contributed by atoms with E-state index in [9.17, 15) is 4.79 Å². The Hall–Kier alpha value is -2.28. The van der Waals surface area contributed by atoms with Crippen molar-refractivity contribution in [3.05, 3.63) is 36.0 Å². The lowest BCUT2D eigenvalue weighted by Crippen LogP contribution is -2.10. The molecule has 90 valence electrons. The number of amides is 1. The second-order valence-electron chi connectivity index (χ2n) is 3.64. The molecule has 1 N–H and O–H groups in total. The van der Waals surface area contributed by atoms with Crippen molar-refractivity contribution in [2.75, 3.05) is 5.32 Å². The molecule has 0 fully saturated rings. The molecule has 0 aliphatic rings. The molecule has 3 aromatic rings. The summed E-state index contributed by atoms with van der Waals surface area (Å²) in [6, 6.07) is 3.42. The summed E-state index contributed by atoms with van der Waals surface area (Å²) in [5, 5.41) is 6.65. The van der Waals surface area contributed by atoms with Crippen LogP contribution in [0, 0.1) is 6.92 Å². The zero-order valence-electron chi connectivity index (χ0n) is 9.38. The number of rotatable bonds is 2. The van der Waals surface area contributed by atoms with Crippen molar-refractivity contribution in [2.24, 2.45) is 0 Å². The summed E-state index contributed by atoms with van der Waals surface area (Å²) in [5.41, 5.74) is 1.68. The number of carbonyl (C=O) groups excluding carboxylic acids is 1. The highest BCUT2D eigenvalue weighted by Gasteiger charge is 2.12. The van der Waals surface area contributed by atoms with Gasteiger partial charge in [-0.3, -0.25) is 15.1 Å². The first-order valence-corrected chi connectivity index (χ1v) is 5.99. The Bertz CT molecular complexity index is 705. The molecule has 0 bridgehead atoms. The zero-order valence-corrected chi connectivity index (χ0v) is 10.2. The minimum atomic E-state index is -0.365. The largest absolute Gasteiger partial charge is 0.351 e. The Morgan fingerprint density at radius 3 is 3.17 bits per heavy atom. The molecule has 6 nitrogen and oxygen atoms in total. The van der Waals surface area contributed by atoms with Crippen molar-refractivity contribution in [1.82, 2.24) is 15.1 Å². The van der Waals surface area contributed by atoms with Crippen LogP contribution in [0.2, 0.25) is 0 Å². The van der Waals surface area contributed by atoms with E-state index in [1.165, 1.54) is 23.6 Å². The molecule has 0 atom stereocenters. The van der Waals surface area contributed by atoms with Crippen LogP contribution in [0.1, 0.15) is 16.2 Å². The third-order valence-corrected chi connectivity index (χ3v) is 3.23. The SMILES string of the molecule is Cc1cc2sc(NC(=O)c3ccno3)nc2cn1. The van der Waals surface area contributed by atoms with E-state index >= 15 is 0 Å². The molecule has 1 amide bonds. The number of nitrogens with one attached hydrogen (secondary N) is 1. The molecule has 0 spiro atoms. The number of nitrogens with zero attached hydrogens (tertiary/aromatic N) is 3. The smallest absolute Gasteiger partial charge is 0.296 e. The molecule has 0 saturated carbocycles. The van der Waals surface area contributed by atoms with E-state index in [4.69, 9.17) is 4.52 Å². The summed E-state index contributed by atoms with van der Waals surface area (Å²) >= 11 is 1.39. The molecular formula is C11H8N4O2S. The molecular weight excluding hydrogens is 252 g/mol. The molecule has 0 radical (unpaired) electrons. The van der Waals surface area contributed by atoms with E-state index in [1.807, 2.05) is 13.0 Å². The summed E-state index contributed by atoms with van der Waals surface area (Å²) in [5.74, 6) is -0.209. The van der Waals surface area contributed by atoms with Crippen LogP contribution in [0.25, 0.3) is 10.2 Å². The van der Waals surface area contributed by atoms with Gasteiger partial charge in [0.1, 0.15) is 5.52 Å². The van der Waals surface area contributed by atoms with Crippen molar-refractivity contribution in [2.45, 2.75) is 6.92 Å². The first-order valence-electron chi connectivity index (χ1n) is 5.17. The van der Waals surface area contributed by atoms with E-state index in [0.29, 0.717) is 5.13 Å². The fraction of sp³-hybridized carbons (Fsp3) is 0.0909. The predicted molar refractivity (Wildman–Crippen MR) is 66.6 cm³/mol. The zero-order chi connectivity index (χ0) is 12.5. The number of anilines is 1. The average molecular weight is 260 g/mol. The Balaban J connectivity index is 1.89.